The molecule has 82 valence electrons. The average Bonchev–Trinajstić information content (AvgIpc) is 2.72. The lowest BCUT2D eigenvalue weighted by Gasteiger charge is -2.33. The van der Waals surface area contributed by atoms with E-state index in [-0.39, 0.29) is 0 Å². The standard InChI is InChI=1S/C11H22N2O/c1-12-11-2-5-13(6-3-11)8-10-4-7-14-9-10/h10-12H,2-9H2,1H3/t10-/m0/s1. The fraction of sp³-hybridized carbons (Fsp3) is 1.00. The summed E-state index contributed by atoms with van der Waals surface area (Å²) >= 11 is 0. The van der Waals surface area contributed by atoms with E-state index in [4.69, 9.17) is 4.74 Å². The van der Waals surface area contributed by atoms with Crippen molar-refractivity contribution in [1.29, 1.82) is 0 Å². The number of ether oxygens (including phenoxy) is 1. The smallest absolute Gasteiger partial charge is 0.0507 e. The van der Waals surface area contributed by atoms with E-state index < -0.39 is 0 Å². The highest BCUT2D eigenvalue weighted by molar-refractivity contribution is 4.78. The van der Waals surface area contributed by atoms with Gasteiger partial charge in [-0.3, -0.25) is 0 Å². The molecule has 0 unspecified atom stereocenters. The number of piperidine rings is 1. The maximum Gasteiger partial charge on any atom is 0.0507 e. The second kappa shape index (κ2) is 5.10. The Kier molecular flexibility index (Phi) is 3.79. The van der Waals surface area contributed by atoms with Crippen molar-refractivity contribution < 1.29 is 4.74 Å². The van der Waals surface area contributed by atoms with Gasteiger partial charge in [-0.25, -0.2) is 0 Å². The summed E-state index contributed by atoms with van der Waals surface area (Å²) in [6, 6.07) is 0.756. The number of nitrogens with zero attached hydrogens (tertiary/aromatic N) is 1. The van der Waals surface area contributed by atoms with Crippen molar-refractivity contribution in [1.82, 2.24) is 10.2 Å². The summed E-state index contributed by atoms with van der Waals surface area (Å²) in [4.78, 5) is 2.60. The molecule has 2 aliphatic rings. The highest BCUT2D eigenvalue weighted by Gasteiger charge is 2.22. The quantitative estimate of drug-likeness (QED) is 0.723. The molecule has 3 nitrogen and oxygen atoms in total. The van der Waals surface area contributed by atoms with Crippen molar-refractivity contribution in [3.63, 3.8) is 0 Å². The summed E-state index contributed by atoms with van der Waals surface area (Å²) in [7, 11) is 2.07. The molecule has 0 aromatic rings. The van der Waals surface area contributed by atoms with E-state index in [1.54, 1.807) is 0 Å². The van der Waals surface area contributed by atoms with Crippen LogP contribution < -0.4 is 5.32 Å². The highest BCUT2D eigenvalue weighted by atomic mass is 16.5. The first-order chi connectivity index (χ1) is 6.88. The number of rotatable bonds is 3. The predicted octanol–water partition coefficient (Wildman–Crippen LogP) is 0.707. The van der Waals surface area contributed by atoms with Gasteiger partial charge in [0.05, 0.1) is 6.61 Å². The molecule has 0 bridgehead atoms. The number of hydrogen-bond donors (Lipinski definition) is 1. The molecule has 14 heavy (non-hydrogen) atoms. The number of likely N-dealkylation sites (tertiary alicyclic amines) is 1. The first-order valence-electron chi connectivity index (χ1n) is 5.86. The predicted molar refractivity (Wildman–Crippen MR) is 57.4 cm³/mol. The van der Waals surface area contributed by atoms with Gasteiger partial charge in [0.1, 0.15) is 0 Å². The van der Waals surface area contributed by atoms with Gasteiger partial charge in [0.15, 0.2) is 0 Å². The van der Waals surface area contributed by atoms with Crippen molar-refractivity contribution in [2.45, 2.75) is 25.3 Å². The minimum atomic E-state index is 0.756. The Morgan fingerprint density at radius 1 is 1.29 bits per heavy atom. The van der Waals surface area contributed by atoms with Crippen LogP contribution in [0.25, 0.3) is 0 Å². The van der Waals surface area contributed by atoms with Gasteiger partial charge in [-0.15, -0.1) is 0 Å². The summed E-state index contributed by atoms with van der Waals surface area (Å²) in [5.41, 5.74) is 0. The second-order valence-corrected chi connectivity index (χ2v) is 4.59. The second-order valence-electron chi connectivity index (χ2n) is 4.59. The lowest BCUT2D eigenvalue weighted by Crippen LogP contribution is -2.43. The van der Waals surface area contributed by atoms with Crippen LogP contribution in [0.1, 0.15) is 19.3 Å². The molecule has 0 radical (unpaired) electrons. The van der Waals surface area contributed by atoms with Crippen molar-refractivity contribution in [3.05, 3.63) is 0 Å². The van der Waals surface area contributed by atoms with Crippen LogP contribution in [0.5, 0.6) is 0 Å². The van der Waals surface area contributed by atoms with Crippen LogP contribution in [0.3, 0.4) is 0 Å². The van der Waals surface area contributed by atoms with Crippen molar-refractivity contribution in [2.24, 2.45) is 5.92 Å². The largest absolute Gasteiger partial charge is 0.381 e. The monoisotopic (exact) mass is 198 g/mol. The van der Waals surface area contributed by atoms with Crippen molar-refractivity contribution >= 4 is 0 Å². The molecule has 3 heteroatoms. The highest BCUT2D eigenvalue weighted by Crippen LogP contribution is 2.17. The van der Waals surface area contributed by atoms with Crippen molar-refractivity contribution in [3.8, 4) is 0 Å². The van der Waals surface area contributed by atoms with Gasteiger partial charge in [0.2, 0.25) is 0 Å². The molecule has 0 saturated carbocycles. The van der Waals surface area contributed by atoms with Gasteiger partial charge in [-0.05, 0) is 45.3 Å². The van der Waals surface area contributed by atoms with Crippen molar-refractivity contribution in [2.75, 3.05) is 39.9 Å². The molecular weight excluding hydrogens is 176 g/mol. The zero-order valence-corrected chi connectivity index (χ0v) is 9.17. The van der Waals surface area contributed by atoms with Gasteiger partial charge in [-0.1, -0.05) is 0 Å². The van der Waals surface area contributed by atoms with E-state index in [1.807, 2.05) is 0 Å². The molecule has 0 aromatic heterocycles. The van der Waals surface area contributed by atoms with Crippen LogP contribution in [0.2, 0.25) is 0 Å². The Labute approximate surface area is 86.8 Å². The Bertz CT molecular complexity index is 161. The van der Waals surface area contributed by atoms with Gasteiger partial charge < -0.3 is 15.0 Å². The van der Waals surface area contributed by atoms with Crippen LogP contribution in [0.15, 0.2) is 0 Å². The zero-order valence-electron chi connectivity index (χ0n) is 9.17. The van der Waals surface area contributed by atoms with Crippen LogP contribution in [-0.4, -0.2) is 50.8 Å². The summed E-state index contributed by atoms with van der Waals surface area (Å²) in [6.45, 7) is 5.77. The third-order valence-electron chi connectivity index (χ3n) is 3.54. The van der Waals surface area contributed by atoms with E-state index in [0.717, 1.165) is 25.2 Å². The summed E-state index contributed by atoms with van der Waals surface area (Å²) in [6.07, 6.45) is 3.89. The van der Waals surface area contributed by atoms with Crippen LogP contribution >= 0.6 is 0 Å². The lowest BCUT2D eigenvalue weighted by atomic mass is 10.0. The normalized spacial score (nSPS) is 31.1. The first kappa shape index (κ1) is 10.4. The summed E-state index contributed by atoms with van der Waals surface area (Å²) in [5, 5.41) is 3.37. The molecule has 0 aromatic carbocycles. The molecule has 1 atom stereocenters. The van der Waals surface area contributed by atoms with Gasteiger partial charge in [0, 0.05) is 19.2 Å². The maximum absolute atomic E-state index is 5.40. The minimum absolute atomic E-state index is 0.756. The third-order valence-corrected chi connectivity index (χ3v) is 3.54. The van der Waals surface area contributed by atoms with E-state index in [9.17, 15) is 0 Å². The molecule has 2 rings (SSSR count). The molecule has 2 saturated heterocycles. The van der Waals surface area contributed by atoms with E-state index in [1.165, 1.54) is 38.9 Å². The molecule has 2 aliphatic heterocycles. The molecule has 0 amide bonds. The first-order valence-corrected chi connectivity index (χ1v) is 5.86. The lowest BCUT2D eigenvalue weighted by molar-refractivity contribution is 0.149. The fourth-order valence-corrected chi connectivity index (χ4v) is 2.50. The Balaban J connectivity index is 1.67. The van der Waals surface area contributed by atoms with Crippen LogP contribution in [0.4, 0.5) is 0 Å². The average molecular weight is 198 g/mol. The Morgan fingerprint density at radius 2 is 2.07 bits per heavy atom. The Morgan fingerprint density at radius 3 is 2.64 bits per heavy atom. The van der Waals surface area contributed by atoms with Crippen LogP contribution in [0, 0.1) is 5.92 Å². The molecule has 2 heterocycles. The van der Waals surface area contributed by atoms with E-state index in [2.05, 4.69) is 17.3 Å². The summed E-state index contributed by atoms with van der Waals surface area (Å²) in [5.74, 6) is 0.807. The Hall–Kier alpha value is -0.120. The third kappa shape index (κ3) is 2.69. The van der Waals surface area contributed by atoms with Gasteiger partial charge in [-0.2, -0.15) is 0 Å². The maximum atomic E-state index is 5.40. The summed E-state index contributed by atoms with van der Waals surface area (Å²) < 4.78 is 5.40. The molecule has 0 spiro atoms. The molecule has 2 fully saturated rings. The molecule has 0 aliphatic carbocycles. The van der Waals surface area contributed by atoms with E-state index in [0.29, 0.717) is 0 Å². The zero-order chi connectivity index (χ0) is 9.80. The van der Waals surface area contributed by atoms with Gasteiger partial charge in [0.25, 0.3) is 0 Å². The minimum Gasteiger partial charge on any atom is -0.381 e. The van der Waals surface area contributed by atoms with E-state index >= 15 is 0 Å². The van der Waals surface area contributed by atoms with Gasteiger partial charge >= 0.3 is 0 Å². The SMILES string of the molecule is CNC1CCN(C[C@@H]2CCOC2)CC1. The molecular formula is C11H22N2O. The fourth-order valence-electron chi connectivity index (χ4n) is 2.50. The van der Waals surface area contributed by atoms with Crippen LogP contribution in [-0.2, 0) is 4.74 Å². The number of hydrogen-bond acceptors (Lipinski definition) is 3. The molecule has 1 N–H and O–H groups in total. The topological polar surface area (TPSA) is 24.5 Å². The number of nitrogens with one attached hydrogen (secondary N) is 1.